The minimum absolute atomic E-state index is 0. The Hall–Kier alpha value is -0.250. The van der Waals surface area contributed by atoms with Crippen LogP contribution in [0.4, 0.5) is 0 Å². The van der Waals surface area contributed by atoms with E-state index in [0.717, 1.165) is 5.69 Å². The number of hydrogen-bond acceptors (Lipinski definition) is 2. The monoisotopic (exact) mass is 132 g/mol. The van der Waals surface area contributed by atoms with Crippen molar-refractivity contribution in [1.29, 1.82) is 0 Å². The number of aromatic amines is 1. The number of aromatic nitrogens is 1. The number of rotatable bonds is 1. The third-order valence-corrected chi connectivity index (χ3v) is 0.814. The van der Waals surface area contributed by atoms with Crippen molar-refractivity contribution < 1.29 is 29.6 Å². The van der Waals surface area contributed by atoms with E-state index in [2.05, 4.69) is 10.1 Å². The van der Waals surface area contributed by atoms with E-state index < -0.39 is 0 Å². The number of hydrogen-bond donors (Lipinski definition) is 1. The van der Waals surface area contributed by atoms with Crippen LogP contribution in [0.3, 0.4) is 0 Å². The molecule has 0 fully saturated rings. The molecule has 0 atom stereocenters. The largest absolute Gasteiger partial charge is 1.00 e. The first-order valence-corrected chi connectivity index (χ1v) is 2.22. The van der Waals surface area contributed by atoms with Crippen LogP contribution in [0.2, 0.25) is 0 Å². The minimum Gasteiger partial charge on any atom is -0.792 e. The molecule has 0 spiro atoms. The van der Waals surface area contributed by atoms with Crippen LogP contribution in [0.25, 0.3) is 0 Å². The van der Waals surface area contributed by atoms with Gasteiger partial charge in [0.25, 0.3) is 0 Å². The van der Waals surface area contributed by atoms with Crippen molar-refractivity contribution in [1.82, 2.24) is 4.98 Å². The van der Waals surface area contributed by atoms with Gasteiger partial charge in [-0.15, -0.1) is 0 Å². The van der Waals surface area contributed by atoms with Crippen LogP contribution in [-0.2, 0) is 0 Å². The van der Waals surface area contributed by atoms with Crippen LogP contribution in [0.15, 0.2) is 23.5 Å². The van der Waals surface area contributed by atoms with Gasteiger partial charge in [-0.3, -0.25) is 0 Å². The first-order valence-electron chi connectivity index (χ1n) is 2.22. The Kier molecular flexibility index (Phi) is 4.48. The van der Waals surface area contributed by atoms with Gasteiger partial charge in [0.2, 0.25) is 0 Å². The second-order valence-corrected chi connectivity index (χ2v) is 1.36. The minimum atomic E-state index is 0. The van der Waals surface area contributed by atoms with Crippen LogP contribution in [-0.4, -0.2) is 11.2 Å². The maximum Gasteiger partial charge on any atom is 1.00 e. The van der Waals surface area contributed by atoms with Gasteiger partial charge in [-0.1, -0.05) is 0 Å². The summed E-state index contributed by atoms with van der Waals surface area (Å²) in [6.07, 6.45) is 2.96. The van der Waals surface area contributed by atoms with E-state index in [9.17, 15) is 5.21 Å². The molecule has 1 N–H and O–H groups in total. The van der Waals surface area contributed by atoms with E-state index >= 15 is 0 Å². The van der Waals surface area contributed by atoms with Gasteiger partial charge >= 0.3 is 29.6 Å². The molecule has 42 valence electrons. The molecule has 1 rings (SSSR count). The summed E-state index contributed by atoms with van der Waals surface area (Å²) in [6.45, 7) is 0. The smallest absolute Gasteiger partial charge is 0.792 e. The molecule has 0 unspecified atom stereocenters. The third-order valence-electron chi connectivity index (χ3n) is 0.814. The second kappa shape index (κ2) is 4.61. The molecule has 1 aromatic rings. The van der Waals surface area contributed by atoms with Crippen LogP contribution < -0.4 is 29.6 Å². The summed E-state index contributed by atoms with van der Waals surface area (Å²) in [7, 11) is 0. The molecule has 0 aliphatic carbocycles. The number of nitrogens with one attached hydrogen (secondary N) is 1. The Morgan fingerprint density at radius 3 is 2.89 bits per heavy atom. The zero-order chi connectivity index (χ0) is 5.82. The fourth-order valence-corrected chi connectivity index (χ4v) is 0.481. The molecule has 9 heavy (non-hydrogen) atoms. The fraction of sp³-hybridized carbons (Fsp3) is 0. The first kappa shape index (κ1) is 8.75. The van der Waals surface area contributed by atoms with Crippen molar-refractivity contribution in [3.63, 3.8) is 0 Å². The molecule has 0 bridgehead atoms. The molecular formula is C5H5N2NaO. The molecule has 0 aliphatic heterocycles. The van der Waals surface area contributed by atoms with Crippen LogP contribution >= 0.6 is 0 Å². The Morgan fingerprint density at radius 1 is 1.67 bits per heavy atom. The summed E-state index contributed by atoms with van der Waals surface area (Å²) in [5.74, 6) is 0. The average Bonchev–Trinajstić information content (AvgIpc) is 2.19. The van der Waals surface area contributed by atoms with E-state index in [1.807, 2.05) is 0 Å². The zero-order valence-electron chi connectivity index (χ0n) is 5.16. The summed E-state index contributed by atoms with van der Waals surface area (Å²) in [5, 5.41) is 12.1. The van der Waals surface area contributed by atoms with E-state index in [-0.39, 0.29) is 29.6 Å². The predicted octanol–water partition coefficient (Wildman–Crippen LogP) is -2.06. The van der Waals surface area contributed by atoms with Gasteiger partial charge in [0.15, 0.2) is 0 Å². The van der Waals surface area contributed by atoms with Gasteiger partial charge in [-0.2, -0.15) is 0 Å². The van der Waals surface area contributed by atoms with E-state index in [4.69, 9.17) is 0 Å². The van der Waals surface area contributed by atoms with Crippen molar-refractivity contribution >= 4 is 6.21 Å². The first-order chi connectivity index (χ1) is 3.93. The van der Waals surface area contributed by atoms with Crippen LogP contribution in [0, 0.1) is 5.21 Å². The maximum absolute atomic E-state index is 9.55. The molecule has 4 heteroatoms. The molecule has 0 saturated carbocycles. The topological polar surface area (TPSA) is 51.2 Å². The van der Waals surface area contributed by atoms with Crippen LogP contribution in [0.1, 0.15) is 5.69 Å². The van der Waals surface area contributed by atoms with Crippen molar-refractivity contribution in [2.45, 2.75) is 0 Å². The summed E-state index contributed by atoms with van der Waals surface area (Å²) >= 11 is 0. The van der Waals surface area contributed by atoms with Crippen molar-refractivity contribution in [2.24, 2.45) is 5.16 Å². The van der Waals surface area contributed by atoms with Crippen LogP contribution in [0.5, 0.6) is 0 Å². The van der Waals surface area contributed by atoms with Gasteiger partial charge in [0.05, 0.1) is 5.69 Å². The predicted molar refractivity (Wildman–Crippen MR) is 31.8 cm³/mol. The van der Waals surface area contributed by atoms with Gasteiger partial charge in [-0.05, 0) is 12.1 Å². The third kappa shape index (κ3) is 2.70. The summed E-state index contributed by atoms with van der Waals surface area (Å²) in [5.41, 5.74) is 0.736. The van der Waals surface area contributed by atoms with E-state index in [1.165, 1.54) is 6.21 Å². The molecular weight excluding hydrogens is 127 g/mol. The second-order valence-electron chi connectivity index (χ2n) is 1.36. The molecule has 0 aromatic carbocycles. The molecule has 1 aromatic heterocycles. The Bertz CT molecular complexity index is 171. The molecule has 0 radical (unpaired) electrons. The molecule has 0 amide bonds. The number of H-pyrrole nitrogens is 1. The normalized spacial score (nSPS) is 9.33. The zero-order valence-corrected chi connectivity index (χ0v) is 7.16. The van der Waals surface area contributed by atoms with Gasteiger partial charge in [0.1, 0.15) is 0 Å². The quantitative estimate of drug-likeness (QED) is 0.266. The SMILES string of the molecule is [Na+].[O-]/N=C\c1ccc[nH]1. The molecule has 0 saturated heterocycles. The van der Waals surface area contributed by atoms with Crippen molar-refractivity contribution in [2.75, 3.05) is 0 Å². The summed E-state index contributed by atoms with van der Waals surface area (Å²) in [4.78, 5) is 2.79. The van der Waals surface area contributed by atoms with Gasteiger partial charge < -0.3 is 15.3 Å². The molecule has 1 heterocycles. The molecule has 3 nitrogen and oxygen atoms in total. The van der Waals surface area contributed by atoms with Gasteiger partial charge in [0, 0.05) is 12.4 Å². The Labute approximate surface area is 75.1 Å². The van der Waals surface area contributed by atoms with E-state index in [1.54, 1.807) is 18.3 Å². The Morgan fingerprint density at radius 2 is 2.44 bits per heavy atom. The average molecular weight is 132 g/mol. The Balaban J connectivity index is 0.000000640. The molecule has 0 aliphatic rings. The number of nitrogens with zero attached hydrogens (tertiary/aromatic N) is 1. The van der Waals surface area contributed by atoms with Gasteiger partial charge in [-0.25, -0.2) is 0 Å². The summed E-state index contributed by atoms with van der Waals surface area (Å²) < 4.78 is 0. The fourth-order valence-electron chi connectivity index (χ4n) is 0.481. The van der Waals surface area contributed by atoms with Crippen molar-refractivity contribution in [3.8, 4) is 0 Å². The van der Waals surface area contributed by atoms with Crippen molar-refractivity contribution in [3.05, 3.63) is 29.2 Å². The standard InChI is InChI=1S/C5H6N2O.Na/c8-7-4-5-2-1-3-6-5;/h1-4,6,8H;/q;+1/p-1/b7-4-;. The summed E-state index contributed by atoms with van der Waals surface area (Å²) in [6, 6.07) is 3.57. The van der Waals surface area contributed by atoms with E-state index in [0.29, 0.717) is 0 Å². The maximum atomic E-state index is 9.55.